The summed E-state index contributed by atoms with van der Waals surface area (Å²) < 4.78 is 6.57. The van der Waals surface area contributed by atoms with Crippen LogP contribution in [0.25, 0.3) is 0 Å². The molecule has 1 heterocycles. The number of carbonyl (C=O) groups is 2. The van der Waals surface area contributed by atoms with Crippen LogP contribution in [0.15, 0.2) is 36.5 Å². The van der Waals surface area contributed by atoms with E-state index >= 15 is 0 Å². The largest absolute Gasteiger partial charge is 0.480 e. The van der Waals surface area contributed by atoms with Gasteiger partial charge in [-0.1, -0.05) is 41.9 Å². The maximum atomic E-state index is 11.8. The lowest BCUT2D eigenvalue weighted by molar-refractivity contribution is -0.139. The number of halogens is 1. The Morgan fingerprint density at radius 1 is 1.39 bits per heavy atom. The van der Waals surface area contributed by atoms with E-state index in [0.717, 1.165) is 5.56 Å². The second kappa shape index (κ2) is 7.64. The van der Waals surface area contributed by atoms with Gasteiger partial charge in [0.15, 0.2) is 0 Å². The molecule has 2 N–H and O–H groups in total. The summed E-state index contributed by atoms with van der Waals surface area (Å²) in [5.74, 6) is -0.730. The van der Waals surface area contributed by atoms with Gasteiger partial charge < -0.3 is 19.7 Å². The van der Waals surface area contributed by atoms with Gasteiger partial charge in [0, 0.05) is 13.5 Å². The summed E-state index contributed by atoms with van der Waals surface area (Å²) in [7, 11) is 1.66. The van der Waals surface area contributed by atoms with Gasteiger partial charge in [-0.05, 0) is 5.56 Å². The smallest absolute Gasteiger partial charge is 0.408 e. The average molecular weight is 338 g/mol. The normalized spacial score (nSPS) is 11.7. The molecule has 2 aromatic rings. The fourth-order valence-corrected chi connectivity index (χ4v) is 2.05. The third kappa shape index (κ3) is 4.72. The van der Waals surface area contributed by atoms with Crippen LogP contribution in [0.3, 0.4) is 0 Å². The van der Waals surface area contributed by atoms with Crippen LogP contribution in [0.5, 0.6) is 0 Å². The molecule has 0 aliphatic rings. The zero-order valence-corrected chi connectivity index (χ0v) is 13.2. The molecule has 1 unspecified atom stereocenters. The lowest BCUT2D eigenvalue weighted by atomic mass is 10.2. The van der Waals surface area contributed by atoms with Crippen LogP contribution >= 0.6 is 11.6 Å². The minimum Gasteiger partial charge on any atom is -0.480 e. The number of benzene rings is 1. The number of carbonyl (C=O) groups excluding carboxylic acids is 1. The van der Waals surface area contributed by atoms with Crippen molar-refractivity contribution in [2.45, 2.75) is 19.1 Å². The van der Waals surface area contributed by atoms with Crippen molar-refractivity contribution in [2.75, 3.05) is 0 Å². The molecule has 0 saturated heterocycles. The highest BCUT2D eigenvalue weighted by Gasteiger charge is 2.23. The van der Waals surface area contributed by atoms with E-state index in [2.05, 4.69) is 10.3 Å². The molecular weight excluding hydrogens is 322 g/mol. The first-order valence-corrected chi connectivity index (χ1v) is 7.21. The number of hydrogen-bond acceptors (Lipinski definition) is 4. The van der Waals surface area contributed by atoms with Crippen LogP contribution in [0.2, 0.25) is 5.15 Å². The van der Waals surface area contributed by atoms with Gasteiger partial charge in [0.1, 0.15) is 23.6 Å². The number of rotatable bonds is 6. The van der Waals surface area contributed by atoms with Crippen molar-refractivity contribution < 1.29 is 19.4 Å². The summed E-state index contributed by atoms with van der Waals surface area (Å²) in [6.07, 6.45) is 0.615. The van der Waals surface area contributed by atoms with Gasteiger partial charge in [-0.15, -0.1) is 0 Å². The number of nitrogens with one attached hydrogen (secondary N) is 1. The lowest BCUT2D eigenvalue weighted by Gasteiger charge is -2.14. The lowest BCUT2D eigenvalue weighted by Crippen LogP contribution is -2.43. The fraction of sp³-hybridized carbons (Fsp3) is 0.267. The van der Waals surface area contributed by atoms with E-state index in [1.807, 2.05) is 18.2 Å². The first-order valence-electron chi connectivity index (χ1n) is 6.83. The van der Waals surface area contributed by atoms with E-state index in [0.29, 0.717) is 11.0 Å². The fourth-order valence-electron chi connectivity index (χ4n) is 1.90. The zero-order valence-electron chi connectivity index (χ0n) is 12.4. The van der Waals surface area contributed by atoms with Gasteiger partial charge in [0.2, 0.25) is 0 Å². The number of ether oxygens (including phenoxy) is 1. The average Bonchev–Trinajstić information content (AvgIpc) is 2.85. The van der Waals surface area contributed by atoms with Gasteiger partial charge in [-0.2, -0.15) is 0 Å². The standard InChI is InChI=1S/C15H16ClN3O4/c1-19-12(16)8-17-13(19)7-11(14(20)21)18-15(22)23-9-10-5-3-2-4-6-10/h2-6,8,11H,7,9H2,1H3,(H,18,22)(H,20,21). The Kier molecular flexibility index (Phi) is 5.59. The Labute approximate surface area is 137 Å². The number of carboxylic acid groups (broad SMARTS) is 1. The molecular formula is C15H16ClN3O4. The number of aliphatic carboxylic acids is 1. The molecule has 1 amide bonds. The molecule has 0 aliphatic carbocycles. The molecule has 23 heavy (non-hydrogen) atoms. The molecule has 0 spiro atoms. The molecule has 1 aromatic carbocycles. The highest BCUT2D eigenvalue weighted by Crippen LogP contribution is 2.11. The predicted octanol–water partition coefficient (Wildman–Crippen LogP) is 2.00. The van der Waals surface area contributed by atoms with Crippen molar-refractivity contribution in [1.29, 1.82) is 0 Å². The zero-order chi connectivity index (χ0) is 16.8. The van der Waals surface area contributed by atoms with Crippen molar-refractivity contribution in [3.05, 3.63) is 53.1 Å². The van der Waals surface area contributed by atoms with Crippen molar-refractivity contribution in [3.63, 3.8) is 0 Å². The molecule has 2 rings (SSSR count). The topological polar surface area (TPSA) is 93.5 Å². The maximum absolute atomic E-state index is 11.8. The van der Waals surface area contributed by atoms with Crippen molar-refractivity contribution >= 4 is 23.7 Å². The molecule has 8 heteroatoms. The Morgan fingerprint density at radius 3 is 2.65 bits per heavy atom. The van der Waals surface area contributed by atoms with Crippen molar-refractivity contribution in [3.8, 4) is 0 Å². The minimum absolute atomic E-state index is 0.00100. The summed E-state index contributed by atoms with van der Waals surface area (Å²) in [5, 5.41) is 11.9. The molecule has 0 aliphatic heterocycles. The summed E-state index contributed by atoms with van der Waals surface area (Å²) in [6, 6.07) is 7.94. The van der Waals surface area contributed by atoms with Crippen LogP contribution in [0, 0.1) is 0 Å². The number of imidazole rings is 1. The van der Waals surface area contributed by atoms with Crippen molar-refractivity contribution in [2.24, 2.45) is 7.05 Å². The summed E-state index contributed by atoms with van der Waals surface area (Å²) in [4.78, 5) is 27.1. The third-order valence-corrected chi connectivity index (χ3v) is 3.57. The van der Waals surface area contributed by atoms with Gasteiger partial charge >= 0.3 is 12.1 Å². The van der Waals surface area contributed by atoms with Crippen molar-refractivity contribution in [1.82, 2.24) is 14.9 Å². The highest BCUT2D eigenvalue weighted by molar-refractivity contribution is 6.29. The highest BCUT2D eigenvalue weighted by atomic mass is 35.5. The molecule has 0 fully saturated rings. The van der Waals surface area contributed by atoms with Crippen LogP contribution in [0.4, 0.5) is 4.79 Å². The quantitative estimate of drug-likeness (QED) is 0.840. The van der Waals surface area contributed by atoms with Gasteiger partial charge in [-0.25, -0.2) is 14.6 Å². The van der Waals surface area contributed by atoms with Gasteiger partial charge in [-0.3, -0.25) is 0 Å². The number of alkyl carbamates (subject to hydrolysis) is 1. The van der Waals surface area contributed by atoms with E-state index in [1.165, 1.54) is 6.20 Å². The maximum Gasteiger partial charge on any atom is 0.408 e. The Hall–Kier alpha value is -2.54. The predicted molar refractivity (Wildman–Crippen MR) is 83.1 cm³/mol. The number of hydrogen-bond donors (Lipinski definition) is 2. The molecule has 0 bridgehead atoms. The monoisotopic (exact) mass is 337 g/mol. The molecule has 0 radical (unpaired) electrons. The van der Waals surface area contributed by atoms with Crippen LogP contribution in [0.1, 0.15) is 11.4 Å². The third-order valence-electron chi connectivity index (χ3n) is 3.22. The van der Waals surface area contributed by atoms with E-state index in [4.69, 9.17) is 16.3 Å². The summed E-state index contributed by atoms with van der Waals surface area (Å²) in [5.41, 5.74) is 0.811. The molecule has 122 valence electrons. The van der Waals surface area contributed by atoms with E-state index in [9.17, 15) is 14.7 Å². The Balaban J connectivity index is 1.92. The van der Waals surface area contributed by atoms with Crippen LogP contribution < -0.4 is 5.32 Å². The second-order valence-electron chi connectivity index (χ2n) is 4.86. The van der Waals surface area contributed by atoms with E-state index in [-0.39, 0.29) is 13.0 Å². The van der Waals surface area contributed by atoms with Gasteiger partial charge in [0.25, 0.3) is 0 Å². The molecule has 1 atom stereocenters. The Bertz CT molecular complexity index is 687. The minimum atomic E-state index is -1.18. The number of nitrogens with zero attached hydrogens (tertiary/aromatic N) is 2. The number of amides is 1. The van der Waals surface area contributed by atoms with Crippen LogP contribution in [-0.2, 0) is 29.6 Å². The number of aromatic nitrogens is 2. The second-order valence-corrected chi connectivity index (χ2v) is 5.24. The summed E-state index contributed by atoms with van der Waals surface area (Å²) in [6.45, 7) is 0.0627. The summed E-state index contributed by atoms with van der Waals surface area (Å²) >= 11 is 5.86. The van der Waals surface area contributed by atoms with E-state index in [1.54, 1.807) is 23.7 Å². The molecule has 0 saturated carbocycles. The van der Waals surface area contributed by atoms with Gasteiger partial charge in [0.05, 0.1) is 6.20 Å². The Morgan fingerprint density at radius 2 is 2.09 bits per heavy atom. The first-order chi connectivity index (χ1) is 11.0. The first kappa shape index (κ1) is 16.8. The SMILES string of the molecule is Cn1c(Cl)cnc1CC(NC(=O)OCc1ccccc1)C(=O)O. The molecule has 7 nitrogen and oxygen atoms in total. The van der Waals surface area contributed by atoms with E-state index < -0.39 is 18.1 Å². The molecule has 1 aromatic heterocycles. The van der Waals surface area contributed by atoms with Crippen LogP contribution in [-0.4, -0.2) is 32.8 Å². The number of carboxylic acids is 1.